The molecular weight excluding hydrogens is 190 g/mol. The van der Waals surface area contributed by atoms with Crippen molar-refractivity contribution in [1.82, 2.24) is 9.97 Å². The Balaban J connectivity index is 2.19. The molecule has 1 N–H and O–H groups in total. The summed E-state index contributed by atoms with van der Waals surface area (Å²) in [7, 11) is 0. The summed E-state index contributed by atoms with van der Waals surface area (Å²) in [4.78, 5) is 8.55. The second-order valence-electron chi connectivity index (χ2n) is 3.20. The van der Waals surface area contributed by atoms with Gasteiger partial charge in [-0.3, -0.25) is 0 Å². The van der Waals surface area contributed by atoms with E-state index >= 15 is 0 Å². The van der Waals surface area contributed by atoms with Gasteiger partial charge in [-0.2, -0.15) is 0 Å². The quantitative estimate of drug-likeness (QED) is 0.829. The van der Waals surface area contributed by atoms with Gasteiger partial charge in [-0.1, -0.05) is 6.92 Å². The van der Waals surface area contributed by atoms with Crippen molar-refractivity contribution in [2.45, 2.75) is 13.3 Å². The molecule has 2 heterocycles. The Morgan fingerprint density at radius 3 is 3.07 bits per heavy atom. The van der Waals surface area contributed by atoms with Gasteiger partial charge in [0.05, 0.1) is 11.8 Å². The Bertz CT molecular complexity index is 412. The average Bonchev–Trinajstić information content (AvgIpc) is 2.80. The maximum Gasteiger partial charge on any atom is 0.164 e. The lowest BCUT2D eigenvalue weighted by atomic mass is 10.3. The Labute approximate surface area is 88.4 Å². The number of nitrogens with zero attached hydrogens (tertiary/aromatic N) is 2. The van der Waals surface area contributed by atoms with Crippen LogP contribution in [0.25, 0.3) is 11.4 Å². The lowest BCUT2D eigenvalue weighted by Crippen LogP contribution is -2.02. The molecule has 0 unspecified atom stereocenters. The standard InChI is InChI=1S/C11H13N3O/c1-2-5-12-10-3-6-13-11(14-10)9-4-7-15-8-9/h3-4,6-8H,2,5H2,1H3,(H,12,13,14). The minimum atomic E-state index is 0.685. The van der Waals surface area contributed by atoms with Gasteiger partial charge in [-0.05, 0) is 18.6 Å². The molecule has 15 heavy (non-hydrogen) atoms. The molecule has 0 aliphatic carbocycles. The average molecular weight is 203 g/mol. The predicted molar refractivity (Wildman–Crippen MR) is 58.5 cm³/mol. The molecule has 2 aromatic heterocycles. The Hall–Kier alpha value is -1.84. The van der Waals surface area contributed by atoms with Crippen molar-refractivity contribution in [2.75, 3.05) is 11.9 Å². The summed E-state index contributed by atoms with van der Waals surface area (Å²) in [6.07, 6.45) is 6.07. The largest absolute Gasteiger partial charge is 0.472 e. The molecule has 4 heteroatoms. The van der Waals surface area contributed by atoms with Gasteiger partial charge in [0.1, 0.15) is 12.1 Å². The number of rotatable bonds is 4. The minimum absolute atomic E-state index is 0.685. The second-order valence-corrected chi connectivity index (χ2v) is 3.20. The lowest BCUT2D eigenvalue weighted by Gasteiger charge is -2.03. The lowest BCUT2D eigenvalue weighted by molar-refractivity contribution is 0.568. The van der Waals surface area contributed by atoms with Crippen molar-refractivity contribution < 1.29 is 4.42 Å². The van der Waals surface area contributed by atoms with Crippen LogP contribution in [0.15, 0.2) is 35.3 Å². The second kappa shape index (κ2) is 4.59. The molecule has 0 bridgehead atoms. The number of hydrogen-bond acceptors (Lipinski definition) is 4. The van der Waals surface area contributed by atoms with Crippen molar-refractivity contribution in [3.63, 3.8) is 0 Å². The first-order chi connectivity index (χ1) is 7.40. The fourth-order valence-corrected chi connectivity index (χ4v) is 1.24. The van der Waals surface area contributed by atoms with Crippen LogP contribution < -0.4 is 5.32 Å². The molecule has 2 aromatic rings. The van der Waals surface area contributed by atoms with E-state index in [2.05, 4.69) is 22.2 Å². The van der Waals surface area contributed by atoms with E-state index in [1.165, 1.54) is 0 Å². The third-order valence-corrected chi connectivity index (χ3v) is 1.99. The van der Waals surface area contributed by atoms with Gasteiger partial charge in [0.2, 0.25) is 0 Å². The summed E-state index contributed by atoms with van der Waals surface area (Å²) in [5, 5.41) is 3.21. The number of aromatic nitrogens is 2. The van der Waals surface area contributed by atoms with Gasteiger partial charge in [0.25, 0.3) is 0 Å². The fraction of sp³-hybridized carbons (Fsp3) is 0.273. The monoisotopic (exact) mass is 203 g/mol. The summed E-state index contributed by atoms with van der Waals surface area (Å²) in [6.45, 7) is 3.03. The molecule has 0 atom stereocenters. The molecule has 0 aromatic carbocycles. The molecule has 78 valence electrons. The molecule has 4 nitrogen and oxygen atoms in total. The molecule has 0 saturated heterocycles. The van der Waals surface area contributed by atoms with Crippen LogP contribution in [0, 0.1) is 0 Å². The topological polar surface area (TPSA) is 51.0 Å². The molecule has 0 saturated carbocycles. The van der Waals surface area contributed by atoms with Crippen molar-refractivity contribution >= 4 is 5.82 Å². The zero-order chi connectivity index (χ0) is 10.5. The number of hydrogen-bond donors (Lipinski definition) is 1. The molecule has 2 rings (SSSR count). The molecular formula is C11H13N3O. The van der Waals surface area contributed by atoms with Crippen LogP contribution in [0.1, 0.15) is 13.3 Å². The minimum Gasteiger partial charge on any atom is -0.472 e. The van der Waals surface area contributed by atoms with E-state index in [0.29, 0.717) is 5.82 Å². The van der Waals surface area contributed by atoms with Gasteiger partial charge in [-0.15, -0.1) is 0 Å². The van der Waals surface area contributed by atoms with Gasteiger partial charge < -0.3 is 9.73 Å². The highest BCUT2D eigenvalue weighted by atomic mass is 16.3. The van der Waals surface area contributed by atoms with Crippen molar-refractivity contribution in [2.24, 2.45) is 0 Å². The first kappa shape index (κ1) is 9.71. The molecule has 0 aliphatic rings. The van der Waals surface area contributed by atoms with Gasteiger partial charge >= 0.3 is 0 Å². The van der Waals surface area contributed by atoms with Crippen LogP contribution in [-0.2, 0) is 0 Å². The van der Waals surface area contributed by atoms with E-state index in [9.17, 15) is 0 Å². The normalized spacial score (nSPS) is 10.2. The summed E-state index contributed by atoms with van der Waals surface area (Å²) in [5.41, 5.74) is 0.898. The smallest absolute Gasteiger partial charge is 0.164 e. The highest BCUT2D eigenvalue weighted by Gasteiger charge is 2.02. The molecule has 0 amide bonds. The zero-order valence-corrected chi connectivity index (χ0v) is 8.60. The van der Waals surface area contributed by atoms with Crippen LogP contribution in [0.2, 0.25) is 0 Å². The molecule has 0 radical (unpaired) electrons. The number of nitrogens with one attached hydrogen (secondary N) is 1. The van der Waals surface area contributed by atoms with Crippen LogP contribution >= 0.6 is 0 Å². The summed E-state index contributed by atoms with van der Waals surface area (Å²) < 4.78 is 4.99. The van der Waals surface area contributed by atoms with E-state index in [1.807, 2.05) is 12.1 Å². The van der Waals surface area contributed by atoms with Crippen LogP contribution in [0.3, 0.4) is 0 Å². The van der Waals surface area contributed by atoms with Gasteiger partial charge in [0.15, 0.2) is 5.82 Å². The molecule has 0 aliphatic heterocycles. The Morgan fingerprint density at radius 2 is 2.33 bits per heavy atom. The van der Waals surface area contributed by atoms with Crippen molar-refractivity contribution in [3.8, 4) is 11.4 Å². The van der Waals surface area contributed by atoms with Gasteiger partial charge in [-0.25, -0.2) is 9.97 Å². The summed E-state index contributed by atoms with van der Waals surface area (Å²) in [5.74, 6) is 1.54. The van der Waals surface area contributed by atoms with E-state index in [1.54, 1.807) is 18.7 Å². The van der Waals surface area contributed by atoms with E-state index in [-0.39, 0.29) is 0 Å². The predicted octanol–water partition coefficient (Wildman–Crippen LogP) is 2.56. The van der Waals surface area contributed by atoms with Crippen molar-refractivity contribution in [1.29, 1.82) is 0 Å². The zero-order valence-electron chi connectivity index (χ0n) is 8.60. The van der Waals surface area contributed by atoms with Crippen molar-refractivity contribution in [3.05, 3.63) is 30.9 Å². The van der Waals surface area contributed by atoms with E-state index in [0.717, 1.165) is 24.3 Å². The van der Waals surface area contributed by atoms with Crippen LogP contribution in [0.4, 0.5) is 5.82 Å². The first-order valence-corrected chi connectivity index (χ1v) is 4.99. The third kappa shape index (κ3) is 2.34. The maximum absolute atomic E-state index is 4.99. The SMILES string of the molecule is CCCNc1ccnc(-c2ccoc2)n1. The fourth-order valence-electron chi connectivity index (χ4n) is 1.24. The van der Waals surface area contributed by atoms with Crippen LogP contribution in [-0.4, -0.2) is 16.5 Å². The number of anilines is 1. The summed E-state index contributed by atoms with van der Waals surface area (Å²) in [6, 6.07) is 3.71. The Kier molecular flexibility index (Phi) is 2.97. The van der Waals surface area contributed by atoms with Crippen LogP contribution in [0.5, 0.6) is 0 Å². The van der Waals surface area contributed by atoms with E-state index < -0.39 is 0 Å². The third-order valence-electron chi connectivity index (χ3n) is 1.99. The molecule has 0 spiro atoms. The molecule has 0 fully saturated rings. The maximum atomic E-state index is 4.99. The Morgan fingerprint density at radius 1 is 1.40 bits per heavy atom. The highest BCUT2D eigenvalue weighted by molar-refractivity contribution is 5.54. The van der Waals surface area contributed by atoms with E-state index in [4.69, 9.17) is 4.42 Å². The number of furan rings is 1. The van der Waals surface area contributed by atoms with Gasteiger partial charge in [0, 0.05) is 12.7 Å². The highest BCUT2D eigenvalue weighted by Crippen LogP contribution is 2.16. The summed E-state index contributed by atoms with van der Waals surface area (Å²) >= 11 is 0. The first-order valence-electron chi connectivity index (χ1n) is 4.99.